The van der Waals surface area contributed by atoms with Gasteiger partial charge in [-0.1, -0.05) is 35.8 Å². The van der Waals surface area contributed by atoms with E-state index >= 15 is 0 Å². The fourth-order valence-corrected chi connectivity index (χ4v) is 0.876. The lowest BCUT2D eigenvalue weighted by Gasteiger charge is -2.03. The van der Waals surface area contributed by atoms with Gasteiger partial charge in [-0.15, -0.1) is 0 Å². The molecule has 0 aliphatic heterocycles. The summed E-state index contributed by atoms with van der Waals surface area (Å²) < 4.78 is 4.76. The first-order valence-electron chi connectivity index (χ1n) is 4.36. The molecule has 0 aliphatic rings. The lowest BCUT2D eigenvalue weighted by molar-refractivity contribution is -0.119. The van der Waals surface area contributed by atoms with Crippen LogP contribution in [0.1, 0.15) is 12.5 Å². The molecule has 0 saturated heterocycles. The van der Waals surface area contributed by atoms with Crippen LogP contribution in [0.3, 0.4) is 0 Å². The molecule has 2 amide bonds. The molecule has 0 unspecified atom stereocenters. The second-order valence-corrected chi connectivity index (χ2v) is 2.82. The van der Waals surface area contributed by atoms with E-state index < -0.39 is 12.0 Å². The van der Waals surface area contributed by atoms with Crippen LogP contribution in [0.25, 0.3) is 0 Å². The first-order chi connectivity index (χ1) is 7.18. The minimum atomic E-state index is -0.811. The number of amides is 2. The van der Waals surface area contributed by atoms with E-state index in [9.17, 15) is 9.59 Å². The van der Waals surface area contributed by atoms with Crippen LogP contribution in [0.2, 0.25) is 0 Å². The van der Waals surface area contributed by atoms with Crippen LogP contribution in [0.5, 0.6) is 0 Å². The molecule has 5 heteroatoms. The standard InChI is InChI=1S/C10H11N2O3/c1-8(13)11-12-10(14)15-7-9-5-3-2-4-6-9/h2-6H,7H2,1H3,(H,11,13). The van der Waals surface area contributed by atoms with Crippen molar-refractivity contribution in [3.63, 3.8) is 0 Å². The van der Waals surface area contributed by atoms with E-state index in [1.165, 1.54) is 6.92 Å². The molecular weight excluding hydrogens is 196 g/mol. The van der Waals surface area contributed by atoms with Gasteiger partial charge in [-0.3, -0.25) is 4.79 Å². The molecule has 1 aromatic rings. The van der Waals surface area contributed by atoms with Crippen molar-refractivity contribution in [2.24, 2.45) is 0 Å². The van der Waals surface area contributed by atoms with Crippen LogP contribution in [-0.2, 0) is 16.1 Å². The maximum atomic E-state index is 10.9. The Balaban J connectivity index is 2.26. The Morgan fingerprint density at radius 1 is 1.33 bits per heavy atom. The van der Waals surface area contributed by atoms with Crippen LogP contribution in [-0.4, -0.2) is 12.0 Å². The highest BCUT2D eigenvalue weighted by Gasteiger charge is 2.04. The van der Waals surface area contributed by atoms with E-state index in [4.69, 9.17) is 4.74 Å². The molecule has 15 heavy (non-hydrogen) atoms. The van der Waals surface area contributed by atoms with Gasteiger partial charge in [-0.05, 0) is 5.56 Å². The highest BCUT2D eigenvalue weighted by atomic mass is 16.6. The summed E-state index contributed by atoms with van der Waals surface area (Å²) in [5.41, 5.74) is 6.04. The number of ether oxygens (including phenoxy) is 1. The predicted octanol–water partition coefficient (Wildman–Crippen LogP) is 0.979. The molecule has 0 saturated carbocycles. The van der Waals surface area contributed by atoms with Gasteiger partial charge in [-0.2, -0.15) is 0 Å². The summed E-state index contributed by atoms with van der Waals surface area (Å²) in [5, 5.41) is 0. The molecule has 1 N–H and O–H groups in total. The Hall–Kier alpha value is -2.04. The molecule has 0 spiro atoms. The highest BCUT2D eigenvalue weighted by Crippen LogP contribution is 2.00. The van der Waals surface area contributed by atoms with E-state index in [1.54, 1.807) is 0 Å². The number of hydrogen-bond acceptors (Lipinski definition) is 3. The van der Waals surface area contributed by atoms with Gasteiger partial charge in [0.1, 0.15) is 6.61 Å². The average Bonchev–Trinajstić information content (AvgIpc) is 2.25. The lowest BCUT2D eigenvalue weighted by Crippen LogP contribution is -2.34. The third-order valence-electron chi connectivity index (χ3n) is 1.51. The number of carbonyl (C=O) groups excluding carboxylic acids is 2. The fourth-order valence-electron chi connectivity index (χ4n) is 0.876. The van der Waals surface area contributed by atoms with E-state index in [2.05, 4.69) is 5.43 Å². The van der Waals surface area contributed by atoms with Gasteiger partial charge in [0.05, 0.1) is 0 Å². The van der Waals surface area contributed by atoms with Gasteiger partial charge in [0.15, 0.2) is 0 Å². The molecule has 1 radical (unpaired) electrons. The second-order valence-electron chi connectivity index (χ2n) is 2.82. The normalized spacial score (nSPS) is 9.13. The second kappa shape index (κ2) is 5.64. The minimum Gasteiger partial charge on any atom is -0.442 e. The number of benzene rings is 1. The smallest absolute Gasteiger partial charge is 0.442 e. The Morgan fingerprint density at radius 2 is 2.00 bits per heavy atom. The molecule has 0 fully saturated rings. The van der Waals surface area contributed by atoms with Crippen molar-refractivity contribution in [3.05, 3.63) is 35.9 Å². The highest BCUT2D eigenvalue weighted by molar-refractivity contribution is 5.76. The minimum absolute atomic E-state index is 0.142. The summed E-state index contributed by atoms with van der Waals surface area (Å²) in [4.78, 5) is 21.3. The zero-order chi connectivity index (χ0) is 11.1. The zero-order valence-electron chi connectivity index (χ0n) is 8.27. The average molecular weight is 207 g/mol. The number of hydrogen-bond donors (Lipinski definition) is 1. The van der Waals surface area contributed by atoms with Crippen molar-refractivity contribution in [3.8, 4) is 0 Å². The van der Waals surface area contributed by atoms with Crippen molar-refractivity contribution in [2.75, 3.05) is 0 Å². The van der Waals surface area contributed by atoms with Crippen LogP contribution < -0.4 is 10.9 Å². The van der Waals surface area contributed by atoms with Crippen LogP contribution in [0.15, 0.2) is 30.3 Å². The molecule has 0 aliphatic carbocycles. The van der Waals surface area contributed by atoms with Gasteiger partial charge in [0.25, 0.3) is 0 Å². The summed E-state index contributed by atoms with van der Waals surface area (Å²) in [6.45, 7) is 1.40. The third-order valence-corrected chi connectivity index (χ3v) is 1.51. The van der Waals surface area contributed by atoms with Crippen molar-refractivity contribution in [2.45, 2.75) is 13.5 Å². The maximum Gasteiger partial charge on any atom is 0.450 e. The number of rotatable bonds is 2. The number of nitrogens with zero attached hydrogens (tertiary/aromatic N) is 1. The molecule has 5 nitrogen and oxygen atoms in total. The molecule has 79 valence electrons. The monoisotopic (exact) mass is 207 g/mol. The van der Waals surface area contributed by atoms with Gasteiger partial charge in [0.2, 0.25) is 5.91 Å². The molecule has 0 aromatic heterocycles. The summed E-state index contributed by atoms with van der Waals surface area (Å²) in [6, 6.07) is 9.20. The third kappa shape index (κ3) is 4.66. The number of nitrogens with one attached hydrogen (secondary N) is 1. The SMILES string of the molecule is CC(=O)N[N]C(=O)OCc1ccccc1. The van der Waals surface area contributed by atoms with Crippen molar-refractivity contribution >= 4 is 12.0 Å². The molecular formula is C10H11N2O3. The molecule has 0 bridgehead atoms. The summed E-state index contributed by atoms with van der Waals surface area (Å²) in [5.74, 6) is -0.410. The Kier molecular flexibility index (Phi) is 4.15. The van der Waals surface area contributed by atoms with Gasteiger partial charge in [0, 0.05) is 6.92 Å². The van der Waals surface area contributed by atoms with Crippen molar-refractivity contribution < 1.29 is 14.3 Å². The van der Waals surface area contributed by atoms with Crippen LogP contribution in [0.4, 0.5) is 4.79 Å². The Morgan fingerprint density at radius 3 is 2.60 bits per heavy atom. The Bertz CT molecular complexity index is 338. The number of carbonyl (C=O) groups is 2. The quantitative estimate of drug-likeness (QED) is 0.735. The van der Waals surface area contributed by atoms with Gasteiger partial charge >= 0.3 is 6.09 Å². The zero-order valence-corrected chi connectivity index (χ0v) is 8.27. The predicted molar refractivity (Wildman–Crippen MR) is 52.6 cm³/mol. The van der Waals surface area contributed by atoms with Crippen LogP contribution >= 0.6 is 0 Å². The maximum absolute atomic E-state index is 10.9. The molecule has 0 atom stereocenters. The summed E-state index contributed by atoms with van der Waals surface area (Å²) in [6.07, 6.45) is -0.811. The van der Waals surface area contributed by atoms with E-state index in [0.29, 0.717) is 0 Å². The topological polar surface area (TPSA) is 69.5 Å². The first kappa shape index (κ1) is 11.0. The molecule has 1 aromatic carbocycles. The molecule has 1 rings (SSSR count). The van der Waals surface area contributed by atoms with Gasteiger partial charge in [-0.25, -0.2) is 10.2 Å². The Labute approximate surface area is 87.4 Å². The van der Waals surface area contributed by atoms with E-state index in [0.717, 1.165) is 5.56 Å². The summed E-state index contributed by atoms with van der Waals surface area (Å²) in [7, 11) is 0. The van der Waals surface area contributed by atoms with Crippen molar-refractivity contribution in [1.29, 1.82) is 0 Å². The van der Waals surface area contributed by atoms with Crippen molar-refractivity contribution in [1.82, 2.24) is 10.9 Å². The van der Waals surface area contributed by atoms with Crippen LogP contribution in [0, 0.1) is 0 Å². The summed E-state index contributed by atoms with van der Waals surface area (Å²) >= 11 is 0. The molecule has 0 heterocycles. The largest absolute Gasteiger partial charge is 0.450 e. The van der Waals surface area contributed by atoms with Gasteiger partial charge < -0.3 is 4.74 Å². The fraction of sp³-hybridized carbons (Fsp3) is 0.200. The first-order valence-corrected chi connectivity index (χ1v) is 4.36. The lowest BCUT2D eigenvalue weighted by atomic mass is 10.2. The van der Waals surface area contributed by atoms with E-state index in [-0.39, 0.29) is 6.61 Å². The van der Waals surface area contributed by atoms with E-state index in [1.807, 2.05) is 35.8 Å².